The van der Waals surface area contributed by atoms with Crippen molar-refractivity contribution in [1.82, 2.24) is 9.97 Å². The molecule has 0 aliphatic heterocycles. The lowest BCUT2D eigenvalue weighted by Crippen LogP contribution is -2.46. The second-order valence-corrected chi connectivity index (χ2v) is 5.06. The highest BCUT2D eigenvalue weighted by atomic mass is 32.2. The molecular formula is C11H17N3O3S. The van der Waals surface area contributed by atoms with E-state index in [0.717, 1.165) is 0 Å². The van der Waals surface area contributed by atoms with Crippen molar-refractivity contribution in [2.75, 3.05) is 12.4 Å². The molecule has 1 aromatic rings. The van der Waals surface area contributed by atoms with E-state index < -0.39 is 11.5 Å². The van der Waals surface area contributed by atoms with Crippen LogP contribution in [0.1, 0.15) is 20.3 Å². The van der Waals surface area contributed by atoms with Crippen molar-refractivity contribution in [2.24, 2.45) is 5.73 Å². The molecule has 7 heteroatoms. The maximum atomic E-state index is 11.5. The fraction of sp³-hybridized carbons (Fsp3) is 0.545. The summed E-state index contributed by atoms with van der Waals surface area (Å²) >= 11 is 1.34. The average Bonchev–Trinajstić information content (AvgIpc) is 2.29. The standard InChI is InChI=1S/C11H17N3O3S/c1-3-17-9(16)11(2,12)5-7-18-10-13-6-4-8(15)14-10/h4,6H,3,5,7,12H2,1-2H3,(H,13,14,15). The van der Waals surface area contributed by atoms with Crippen LogP contribution < -0.4 is 11.3 Å². The number of rotatable bonds is 6. The van der Waals surface area contributed by atoms with Gasteiger partial charge in [-0.1, -0.05) is 11.8 Å². The molecule has 1 heterocycles. The lowest BCUT2D eigenvalue weighted by Gasteiger charge is -2.21. The van der Waals surface area contributed by atoms with E-state index in [2.05, 4.69) is 9.97 Å². The fourth-order valence-electron chi connectivity index (χ4n) is 1.18. The highest BCUT2D eigenvalue weighted by Gasteiger charge is 2.29. The van der Waals surface area contributed by atoms with Gasteiger partial charge in [-0.3, -0.25) is 9.59 Å². The minimum absolute atomic E-state index is 0.201. The summed E-state index contributed by atoms with van der Waals surface area (Å²) in [7, 11) is 0. The van der Waals surface area contributed by atoms with Gasteiger partial charge in [-0.2, -0.15) is 0 Å². The van der Waals surface area contributed by atoms with E-state index in [1.165, 1.54) is 24.0 Å². The number of aromatic nitrogens is 2. The first-order valence-corrected chi connectivity index (χ1v) is 6.58. The van der Waals surface area contributed by atoms with E-state index in [1.807, 2.05) is 0 Å². The molecule has 0 radical (unpaired) electrons. The number of hydrogen-bond acceptors (Lipinski definition) is 6. The summed E-state index contributed by atoms with van der Waals surface area (Å²) in [6, 6.07) is 1.34. The molecule has 100 valence electrons. The SMILES string of the molecule is CCOC(=O)C(C)(N)CCSc1nccc(=O)[nH]1. The smallest absolute Gasteiger partial charge is 0.325 e. The third kappa shape index (κ3) is 4.50. The Kier molecular flexibility index (Phi) is 5.36. The summed E-state index contributed by atoms with van der Waals surface area (Å²) in [6.45, 7) is 3.68. The molecule has 0 aliphatic rings. The van der Waals surface area contributed by atoms with Crippen molar-refractivity contribution in [2.45, 2.75) is 31.0 Å². The number of carbonyl (C=O) groups excluding carboxylic acids is 1. The zero-order valence-electron chi connectivity index (χ0n) is 10.4. The molecule has 6 nitrogen and oxygen atoms in total. The number of carbonyl (C=O) groups is 1. The van der Waals surface area contributed by atoms with Crippen LogP contribution in [-0.2, 0) is 9.53 Å². The molecule has 1 aromatic heterocycles. The molecular weight excluding hydrogens is 254 g/mol. The van der Waals surface area contributed by atoms with Crippen LogP contribution >= 0.6 is 11.8 Å². The number of nitrogens with one attached hydrogen (secondary N) is 1. The maximum absolute atomic E-state index is 11.5. The lowest BCUT2D eigenvalue weighted by molar-refractivity contribution is -0.149. The van der Waals surface area contributed by atoms with Crippen LogP contribution in [0, 0.1) is 0 Å². The maximum Gasteiger partial charge on any atom is 0.325 e. The van der Waals surface area contributed by atoms with Crippen molar-refractivity contribution in [1.29, 1.82) is 0 Å². The predicted octanol–water partition coefficient (Wildman–Crippen LogP) is 0.533. The summed E-state index contributed by atoms with van der Waals surface area (Å²) in [5.41, 5.74) is 4.64. The van der Waals surface area contributed by atoms with Gasteiger partial charge in [-0.25, -0.2) is 4.98 Å². The summed E-state index contributed by atoms with van der Waals surface area (Å²) in [6.07, 6.45) is 1.88. The van der Waals surface area contributed by atoms with Crippen LogP contribution in [0.4, 0.5) is 0 Å². The molecule has 1 atom stereocenters. The van der Waals surface area contributed by atoms with Gasteiger partial charge < -0.3 is 15.5 Å². The van der Waals surface area contributed by atoms with Gasteiger partial charge >= 0.3 is 5.97 Å². The molecule has 0 saturated heterocycles. The lowest BCUT2D eigenvalue weighted by atomic mass is 10.0. The Balaban J connectivity index is 2.46. The van der Waals surface area contributed by atoms with Crippen LogP contribution in [0.15, 0.2) is 22.2 Å². The van der Waals surface area contributed by atoms with Gasteiger partial charge in [0.25, 0.3) is 5.56 Å². The van der Waals surface area contributed by atoms with Crippen LogP contribution in [0.2, 0.25) is 0 Å². The minimum Gasteiger partial charge on any atom is -0.465 e. The molecule has 0 spiro atoms. The van der Waals surface area contributed by atoms with Crippen LogP contribution in [0.3, 0.4) is 0 Å². The predicted molar refractivity (Wildman–Crippen MR) is 69.4 cm³/mol. The zero-order chi connectivity index (χ0) is 13.6. The van der Waals surface area contributed by atoms with Crippen LogP contribution in [-0.4, -0.2) is 33.8 Å². The Morgan fingerprint density at radius 1 is 1.67 bits per heavy atom. The number of aromatic amines is 1. The first-order valence-electron chi connectivity index (χ1n) is 5.60. The van der Waals surface area contributed by atoms with Crippen LogP contribution in [0.5, 0.6) is 0 Å². The van der Waals surface area contributed by atoms with E-state index >= 15 is 0 Å². The van der Waals surface area contributed by atoms with Gasteiger partial charge in [-0.15, -0.1) is 0 Å². The summed E-state index contributed by atoms with van der Waals surface area (Å²) in [5, 5.41) is 0.516. The number of hydrogen-bond donors (Lipinski definition) is 2. The number of nitrogens with zero attached hydrogens (tertiary/aromatic N) is 1. The first kappa shape index (κ1) is 14.7. The molecule has 0 saturated carbocycles. The quantitative estimate of drug-likeness (QED) is 0.445. The molecule has 0 amide bonds. The second-order valence-electron chi connectivity index (χ2n) is 3.98. The molecule has 0 aliphatic carbocycles. The van der Waals surface area contributed by atoms with Crippen molar-refractivity contribution < 1.29 is 9.53 Å². The van der Waals surface area contributed by atoms with E-state index in [4.69, 9.17) is 10.5 Å². The van der Waals surface area contributed by atoms with Gasteiger partial charge in [0, 0.05) is 18.0 Å². The molecule has 0 bridgehead atoms. The van der Waals surface area contributed by atoms with Gasteiger partial charge in [0.2, 0.25) is 0 Å². The summed E-state index contributed by atoms with van der Waals surface area (Å²) in [5.74, 6) is 0.152. The molecule has 0 aromatic carbocycles. The third-order valence-corrected chi connectivity index (χ3v) is 3.14. The van der Waals surface area contributed by atoms with E-state index in [9.17, 15) is 9.59 Å². The molecule has 0 fully saturated rings. The van der Waals surface area contributed by atoms with E-state index in [-0.39, 0.29) is 5.56 Å². The average molecular weight is 271 g/mol. The van der Waals surface area contributed by atoms with Crippen molar-refractivity contribution >= 4 is 17.7 Å². The monoisotopic (exact) mass is 271 g/mol. The van der Waals surface area contributed by atoms with Gasteiger partial charge in [0.15, 0.2) is 5.16 Å². The highest BCUT2D eigenvalue weighted by molar-refractivity contribution is 7.99. The van der Waals surface area contributed by atoms with Gasteiger partial charge in [0.1, 0.15) is 5.54 Å². The Hall–Kier alpha value is -1.34. The zero-order valence-corrected chi connectivity index (χ0v) is 11.3. The molecule has 3 N–H and O–H groups in total. The number of nitrogens with two attached hydrogens (primary N) is 1. The summed E-state index contributed by atoms with van der Waals surface area (Å²) < 4.78 is 4.88. The first-order chi connectivity index (χ1) is 8.45. The van der Waals surface area contributed by atoms with Crippen molar-refractivity contribution in [3.8, 4) is 0 Å². The Bertz CT molecular complexity index is 459. The fourth-order valence-corrected chi connectivity index (χ4v) is 2.21. The topological polar surface area (TPSA) is 98.1 Å². The second kappa shape index (κ2) is 6.55. The van der Waals surface area contributed by atoms with Gasteiger partial charge in [0.05, 0.1) is 6.61 Å². The Labute approximate surface area is 109 Å². The third-order valence-electron chi connectivity index (χ3n) is 2.25. The number of H-pyrrole nitrogens is 1. The largest absolute Gasteiger partial charge is 0.465 e. The van der Waals surface area contributed by atoms with Crippen molar-refractivity contribution in [3.63, 3.8) is 0 Å². The molecule has 18 heavy (non-hydrogen) atoms. The Morgan fingerprint density at radius 3 is 3.00 bits per heavy atom. The van der Waals surface area contributed by atoms with E-state index in [1.54, 1.807) is 13.8 Å². The minimum atomic E-state index is -1.02. The summed E-state index contributed by atoms with van der Waals surface area (Å²) in [4.78, 5) is 29.1. The number of ether oxygens (including phenoxy) is 1. The Morgan fingerprint density at radius 2 is 2.39 bits per heavy atom. The molecule has 1 rings (SSSR count). The highest BCUT2D eigenvalue weighted by Crippen LogP contribution is 2.17. The van der Waals surface area contributed by atoms with Crippen molar-refractivity contribution in [3.05, 3.63) is 22.6 Å². The number of esters is 1. The molecule has 1 unspecified atom stereocenters. The van der Waals surface area contributed by atoms with Crippen LogP contribution in [0.25, 0.3) is 0 Å². The van der Waals surface area contributed by atoms with E-state index in [0.29, 0.717) is 23.9 Å². The van der Waals surface area contributed by atoms with Gasteiger partial charge in [-0.05, 0) is 20.3 Å². The normalized spacial score (nSPS) is 13.9. The number of thioether (sulfide) groups is 1.